The lowest BCUT2D eigenvalue weighted by atomic mass is 10.1. The van der Waals surface area contributed by atoms with Gasteiger partial charge >= 0.3 is 0 Å². The molecule has 144 valence electrons. The maximum atomic E-state index is 12.8. The number of nitrogens with one attached hydrogen (secondary N) is 2. The van der Waals surface area contributed by atoms with Gasteiger partial charge in [0.25, 0.3) is 11.8 Å². The van der Waals surface area contributed by atoms with E-state index < -0.39 is 0 Å². The van der Waals surface area contributed by atoms with E-state index in [9.17, 15) is 9.59 Å². The molecule has 2 N–H and O–H groups in total. The van der Waals surface area contributed by atoms with Crippen molar-refractivity contribution < 1.29 is 9.59 Å². The minimum Gasteiger partial charge on any atom is -0.321 e. The van der Waals surface area contributed by atoms with E-state index in [0.717, 1.165) is 25.3 Å². The van der Waals surface area contributed by atoms with Crippen LogP contribution in [0.4, 0.5) is 10.8 Å². The van der Waals surface area contributed by atoms with Gasteiger partial charge in [0.1, 0.15) is 0 Å². The smallest absolute Gasteiger partial charge is 0.265 e. The number of hydrogen-bond acceptors (Lipinski definition) is 6. The number of hydrogen-bond donors (Lipinski definition) is 2. The Hall–Kier alpha value is -2.55. The van der Waals surface area contributed by atoms with Gasteiger partial charge in [-0.2, -0.15) is 0 Å². The second-order valence-electron chi connectivity index (χ2n) is 6.56. The second kappa shape index (κ2) is 8.64. The van der Waals surface area contributed by atoms with Crippen molar-refractivity contribution in [3.05, 3.63) is 63.3 Å². The number of aromatic nitrogens is 1. The molecule has 0 spiro atoms. The normalized spacial score (nSPS) is 14.1. The zero-order chi connectivity index (χ0) is 19.3. The van der Waals surface area contributed by atoms with Crippen LogP contribution in [0.2, 0.25) is 0 Å². The van der Waals surface area contributed by atoms with Gasteiger partial charge in [0.05, 0.1) is 21.8 Å². The number of likely N-dealkylation sites (tertiary alicyclic amines) is 1. The maximum absolute atomic E-state index is 12.8. The zero-order valence-electron chi connectivity index (χ0n) is 15.2. The number of para-hydroxylation sites is 1. The summed E-state index contributed by atoms with van der Waals surface area (Å²) >= 11 is 2.78. The van der Waals surface area contributed by atoms with E-state index in [0.29, 0.717) is 21.3 Å². The van der Waals surface area contributed by atoms with Crippen LogP contribution in [0, 0.1) is 0 Å². The van der Waals surface area contributed by atoms with E-state index >= 15 is 0 Å². The third-order valence-electron chi connectivity index (χ3n) is 4.52. The monoisotopic (exact) mass is 412 g/mol. The summed E-state index contributed by atoms with van der Waals surface area (Å²) in [4.78, 5) is 32.6. The van der Waals surface area contributed by atoms with Crippen molar-refractivity contribution in [2.45, 2.75) is 19.4 Å². The molecule has 0 bridgehead atoms. The van der Waals surface area contributed by atoms with Gasteiger partial charge in [-0.05, 0) is 49.5 Å². The van der Waals surface area contributed by atoms with Gasteiger partial charge in [0, 0.05) is 11.9 Å². The summed E-state index contributed by atoms with van der Waals surface area (Å²) in [5, 5.41) is 10.1. The Balaban J connectivity index is 1.43. The fourth-order valence-electron chi connectivity index (χ4n) is 3.15. The van der Waals surface area contributed by atoms with E-state index in [1.54, 1.807) is 30.3 Å². The second-order valence-corrected chi connectivity index (χ2v) is 8.36. The summed E-state index contributed by atoms with van der Waals surface area (Å²) in [6.07, 6.45) is 2.48. The van der Waals surface area contributed by atoms with E-state index in [1.165, 1.54) is 35.5 Å². The molecule has 4 rings (SSSR count). The molecule has 2 amide bonds. The molecule has 1 saturated heterocycles. The van der Waals surface area contributed by atoms with Crippen molar-refractivity contribution in [1.29, 1.82) is 0 Å². The van der Waals surface area contributed by atoms with Gasteiger partial charge < -0.3 is 5.32 Å². The molecule has 0 unspecified atom stereocenters. The third-order valence-corrected chi connectivity index (χ3v) is 6.20. The predicted octanol–water partition coefficient (Wildman–Crippen LogP) is 4.31. The van der Waals surface area contributed by atoms with Gasteiger partial charge in [-0.3, -0.25) is 19.8 Å². The number of amides is 2. The highest BCUT2D eigenvalue weighted by Crippen LogP contribution is 2.22. The van der Waals surface area contributed by atoms with Gasteiger partial charge in [0.2, 0.25) is 0 Å². The average molecular weight is 413 g/mol. The topological polar surface area (TPSA) is 74.3 Å². The van der Waals surface area contributed by atoms with Crippen LogP contribution < -0.4 is 10.6 Å². The fourth-order valence-corrected chi connectivity index (χ4v) is 4.47. The van der Waals surface area contributed by atoms with Crippen molar-refractivity contribution >= 4 is 45.3 Å². The van der Waals surface area contributed by atoms with Crippen LogP contribution in [-0.4, -0.2) is 34.8 Å². The zero-order valence-corrected chi connectivity index (χ0v) is 16.8. The molecule has 0 aliphatic carbocycles. The first-order valence-corrected chi connectivity index (χ1v) is 10.9. The van der Waals surface area contributed by atoms with Crippen molar-refractivity contribution in [1.82, 2.24) is 9.88 Å². The van der Waals surface area contributed by atoms with Gasteiger partial charge in [-0.1, -0.05) is 18.2 Å². The SMILES string of the molecule is O=C(Nc1ccccc1C(=O)Nc1nc(CN2CCCC2)cs1)c1cccs1. The Morgan fingerprint density at radius 3 is 2.61 bits per heavy atom. The van der Waals surface area contributed by atoms with Crippen LogP contribution in [0.5, 0.6) is 0 Å². The number of benzene rings is 1. The number of carbonyl (C=O) groups is 2. The molecule has 1 fully saturated rings. The molecular weight excluding hydrogens is 392 g/mol. The molecule has 8 heteroatoms. The molecule has 3 aromatic rings. The first kappa shape index (κ1) is 18.8. The summed E-state index contributed by atoms with van der Waals surface area (Å²) in [6, 6.07) is 10.6. The quantitative estimate of drug-likeness (QED) is 0.633. The number of carbonyl (C=O) groups excluding carboxylic acids is 2. The first-order chi connectivity index (χ1) is 13.7. The summed E-state index contributed by atoms with van der Waals surface area (Å²) in [6.45, 7) is 3.03. The Morgan fingerprint density at radius 2 is 1.82 bits per heavy atom. The lowest BCUT2D eigenvalue weighted by Gasteiger charge is -2.12. The fraction of sp³-hybridized carbons (Fsp3) is 0.250. The third kappa shape index (κ3) is 4.46. The maximum Gasteiger partial charge on any atom is 0.265 e. The molecule has 0 saturated carbocycles. The molecule has 0 atom stereocenters. The molecule has 3 heterocycles. The molecule has 28 heavy (non-hydrogen) atoms. The standard InChI is InChI=1S/C20H20N4O2S2/c25-18(23-20-21-14(13-28-20)12-24-9-3-4-10-24)15-6-1-2-7-16(15)22-19(26)17-8-5-11-27-17/h1-2,5-8,11,13H,3-4,9-10,12H2,(H,22,26)(H,21,23,25). The molecule has 1 aromatic carbocycles. The molecule has 0 radical (unpaired) electrons. The van der Waals surface area contributed by atoms with Crippen LogP contribution in [0.15, 0.2) is 47.2 Å². The van der Waals surface area contributed by atoms with E-state index in [4.69, 9.17) is 0 Å². The first-order valence-electron chi connectivity index (χ1n) is 9.11. The van der Waals surface area contributed by atoms with Crippen LogP contribution in [-0.2, 0) is 6.54 Å². The Kier molecular flexibility index (Phi) is 5.80. The van der Waals surface area contributed by atoms with E-state index in [2.05, 4.69) is 20.5 Å². The van der Waals surface area contributed by atoms with Crippen LogP contribution in [0.1, 0.15) is 38.6 Å². The average Bonchev–Trinajstić information content (AvgIpc) is 3.46. The molecule has 2 aromatic heterocycles. The lowest BCUT2D eigenvalue weighted by molar-refractivity contribution is 0.102. The van der Waals surface area contributed by atoms with Crippen molar-refractivity contribution in [3.63, 3.8) is 0 Å². The van der Waals surface area contributed by atoms with Crippen molar-refractivity contribution in [2.24, 2.45) is 0 Å². The largest absolute Gasteiger partial charge is 0.321 e. The summed E-state index contributed by atoms with van der Waals surface area (Å²) in [5.74, 6) is -0.512. The highest BCUT2D eigenvalue weighted by molar-refractivity contribution is 7.14. The van der Waals surface area contributed by atoms with Gasteiger partial charge in [-0.15, -0.1) is 22.7 Å². The summed E-state index contributed by atoms with van der Waals surface area (Å²) < 4.78 is 0. The number of thiophene rings is 1. The van der Waals surface area contributed by atoms with Crippen molar-refractivity contribution in [2.75, 3.05) is 23.7 Å². The number of rotatable bonds is 6. The summed E-state index contributed by atoms with van der Waals surface area (Å²) in [7, 11) is 0. The number of nitrogens with zero attached hydrogens (tertiary/aromatic N) is 2. The van der Waals surface area contributed by atoms with Gasteiger partial charge in [0.15, 0.2) is 5.13 Å². The molecule has 1 aliphatic rings. The Morgan fingerprint density at radius 1 is 1.00 bits per heavy atom. The highest BCUT2D eigenvalue weighted by atomic mass is 32.1. The lowest BCUT2D eigenvalue weighted by Crippen LogP contribution is -2.19. The van der Waals surface area contributed by atoms with E-state index in [-0.39, 0.29) is 11.8 Å². The Bertz CT molecular complexity index is 962. The number of thiazole rings is 1. The molecule has 1 aliphatic heterocycles. The van der Waals surface area contributed by atoms with Crippen molar-refractivity contribution in [3.8, 4) is 0 Å². The Labute approximate surface area is 171 Å². The predicted molar refractivity (Wildman–Crippen MR) is 113 cm³/mol. The van der Waals surface area contributed by atoms with Crippen LogP contribution in [0.25, 0.3) is 0 Å². The molecular formula is C20H20N4O2S2. The van der Waals surface area contributed by atoms with Crippen LogP contribution in [0.3, 0.4) is 0 Å². The van der Waals surface area contributed by atoms with Gasteiger partial charge in [-0.25, -0.2) is 4.98 Å². The minimum atomic E-state index is -0.288. The highest BCUT2D eigenvalue weighted by Gasteiger charge is 2.17. The minimum absolute atomic E-state index is 0.225. The summed E-state index contributed by atoms with van der Waals surface area (Å²) in [5.41, 5.74) is 1.86. The van der Waals surface area contributed by atoms with E-state index in [1.807, 2.05) is 16.8 Å². The number of anilines is 2. The molecule has 6 nitrogen and oxygen atoms in total. The van der Waals surface area contributed by atoms with Crippen LogP contribution >= 0.6 is 22.7 Å².